The Morgan fingerprint density at radius 3 is 2.89 bits per heavy atom. The van der Waals surface area contributed by atoms with Crippen LogP contribution in [0.25, 0.3) is 21.7 Å². The molecule has 3 aromatic rings. The van der Waals surface area contributed by atoms with Gasteiger partial charge < -0.3 is 4.57 Å². The number of halogens is 1. The highest BCUT2D eigenvalue weighted by Gasteiger charge is 2.12. The maximum Gasteiger partial charge on any atom is 0.180 e. The number of imidazole rings is 1. The standard InChI is InChI=1S/C12H11ClN4S/c1-3-7-4-8-10(13)15-11(16-12(8)18-7)9-5-14-6-17(9)2/h4-6H,3H2,1-2H3. The molecule has 0 fully saturated rings. The van der Waals surface area contributed by atoms with Gasteiger partial charge in [-0.25, -0.2) is 15.0 Å². The van der Waals surface area contributed by atoms with E-state index in [-0.39, 0.29) is 0 Å². The molecule has 0 N–H and O–H groups in total. The van der Waals surface area contributed by atoms with Crippen molar-refractivity contribution in [1.29, 1.82) is 0 Å². The molecule has 0 aliphatic heterocycles. The van der Waals surface area contributed by atoms with E-state index in [0.29, 0.717) is 11.0 Å². The molecule has 0 atom stereocenters. The summed E-state index contributed by atoms with van der Waals surface area (Å²) in [5.41, 5.74) is 0.866. The number of hydrogen-bond acceptors (Lipinski definition) is 4. The predicted octanol–water partition coefficient (Wildman–Crippen LogP) is 3.31. The molecule has 3 rings (SSSR count). The SMILES string of the molecule is CCc1cc2c(Cl)nc(-c3cncn3C)nc2s1. The summed E-state index contributed by atoms with van der Waals surface area (Å²) in [5.74, 6) is 0.622. The third-order valence-electron chi connectivity index (χ3n) is 2.79. The number of aromatic nitrogens is 4. The van der Waals surface area contributed by atoms with Crippen LogP contribution in [0, 0.1) is 0 Å². The monoisotopic (exact) mass is 278 g/mol. The predicted molar refractivity (Wildman–Crippen MR) is 74.0 cm³/mol. The van der Waals surface area contributed by atoms with Crippen LogP contribution in [0.3, 0.4) is 0 Å². The van der Waals surface area contributed by atoms with Crippen molar-refractivity contribution in [3.63, 3.8) is 0 Å². The van der Waals surface area contributed by atoms with E-state index >= 15 is 0 Å². The Kier molecular flexibility index (Phi) is 2.80. The lowest BCUT2D eigenvalue weighted by Crippen LogP contribution is -1.95. The highest BCUT2D eigenvalue weighted by Crippen LogP contribution is 2.31. The molecule has 0 aliphatic carbocycles. The average molecular weight is 279 g/mol. The van der Waals surface area contributed by atoms with Crippen molar-refractivity contribution in [3.05, 3.63) is 28.6 Å². The first-order valence-corrected chi connectivity index (χ1v) is 6.81. The molecule has 0 unspecified atom stereocenters. The van der Waals surface area contributed by atoms with E-state index < -0.39 is 0 Å². The third kappa shape index (κ3) is 1.79. The molecule has 6 heteroatoms. The van der Waals surface area contributed by atoms with Crippen LogP contribution in [-0.2, 0) is 13.5 Å². The molecule has 92 valence electrons. The topological polar surface area (TPSA) is 43.6 Å². The van der Waals surface area contributed by atoms with Crippen molar-refractivity contribution in [2.45, 2.75) is 13.3 Å². The lowest BCUT2D eigenvalue weighted by molar-refractivity contribution is 0.910. The zero-order valence-corrected chi connectivity index (χ0v) is 11.6. The molecular weight excluding hydrogens is 268 g/mol. The van der Waals surface area contributed by atoms with Crippen molar-refractivity contribution in [2.24, 2.45) is 7.05 Å². The Hall–Kier alpha value is -1.46. The van der Waals surface area contributed by atoms with Gasteiger partial charge in [0.2, 0.25) is 0 Å². The van der Waals surface area contributed by atoms with Crippen LogP contribution in [0.4, 0.5) is 0 Å². The average Bonchev–Trinajstić information content (AvgIpc) is 2.94. The molecule has 0 spiro atoms. The number of thiophene rings is 1. The third-order valence-corrected chi connectivity index (χ3v) is 4.25. The molecular formula is C12H11ClN4S. The largest absolute Gasteiger partial charge is 0.331 e. The smallest absolute Gasteiger partial charge is 0.180 e. The van der Waals surface area contributed by atoms with Gasteiger partial charge in [0, 0.05) is 17.3 Å². The molecule has 3 heterocycles. The van der Waals surface area contributed by atoms with Gasteiger partial charge in [0.05, 0.1) is 12.5 Å². The molecule has 3 aromatic heterocycles. The first kappa shape index (κ1) is 11.6. The maximum atomic E-state index is 6.23. The lowest BCUT2D eigenvalue weighted by Gasteiger charge is -2.01. The fourth-order valence-electron chi connectivity index (χ4n) is 1.80. The van der Waals surface area contributed by atoms with E-state index in [4.69, 9.17) is 11.6 Å². The number of nitrogens with zero attached hydrogens (tertiary/aromatic N) is 4. The second-order valence-corrected chi connectivity index (χ2v) is 5.49. The van der Waals surface area contributed by atoms with Crippen LogP contribution in [0.1, 0.15) is 11.8 Å². The summed E-state index contributed by atoms with van der Waals surface area (Å²) in [5, 5.41) is 1.44. The van der Waals surface area contributed by atoms with Crippen LogP contribution < -0.4 is 0 Å². The summed E-state index contributed by atoms with van der Waals surface area (Å²) >= 11 is 7.89. The van der Waals surface area contributed by atoms with Gasteiger partial charge in [0.15, 0.2) is 5.82 Å². The number of fused-ring (bicyclic) bond motifs is 1. The Balaban J connectivity index is 2.23. The normalized spacial score (nSPS) is 11.3. The Morgan fingerprint density at radius 1 is 1.39 bits per heavy atom. The summed E-state index contributed by atoms with van der Waals surface area (Å²) < 4.78 is 1.88. The summed E-state index contributed by atoms with van der Waals surface area (Å²) in [6, 6.07) is 2.06. The lowest BCUT2D eigenvalue weighted by atomic mass is 10.3. The second-order valence-electron chi connectivity index (χ2n) is 4.01. The molecule has 0 amide bonds. The van der Waals surface area contributed by atoms with Gasteiger partial charge in [-0.2, -0.15) is 0 Å². The van der Waals surface area contributed by atoms with Crippen LogP contribution >= 0.6 is 22.9 Å². The van der Waals surface area contributed by atoms with Gasteiger partial charge in [-0.1, -0.05) is 18.5 Å². The number of rotatable bonds is 2. The Labute approximate surface area is 113 Å². The fourth-order valence-corrected chi connectivity index (χ4v) is 3.05. The summed E-state index contributed by atoms with van der Waals surface area (Å²) in [4.78, 5) is 15.2. The van der Waals surface area contributed by atoms with E-state index in [0.717, 1.165) is 22.3 Å². The second kappa shape index (κ2) is 4.33. The van der Waals surface area contributed by atoms with Crippen molar-refractivity contribution in [3.8, 4) is 11.5 Å². The Morgan fingerprint density at radius 2 is 2.22 bits per heavy atom. The van der Waals surface area contributed by atoms with Crippen LogP contribution in [0.2, 0.25) is 5.15 Å². The molecule has 0 saturated carbocycles. The Bertz CT molecular complexity index is 716. The van der Waals surface area contributed by atoms with Gasteiger partial charge >= 0.3 is 0 Å². The zero-order chi connectivity index (χ0) is 12.7. The van der Waals surface area contributed by atoms with E-state index in [1.54, 1.807) is 23.9 Å². The quantitative estimate of drug-likeness (QED) is 0.676. The molecule has 0 aromatic carbocycles. The van der Waals surface area contributed by atoms with E-state index in [9.17, 15) is 0 Å². The molecule has 0 bridgehead atoms. The molecule has 18 heavy (non-hydrogen) atoms. The van der Waals surface area contributed by atoms with E-state index in [2.05, 4.69) is 27.9 Å². The molecule has 0 aliphatic rings. The maximum absolute atomic E-state index is 6.23. The van der Waals surface area contributed by atoms with Crippen LogP contribution in [-0.4, -0.2) is 19.5 Å². The molecule has 0 saturated heterocycles. The molecule has 4 nitrogen and oxygen atoms in total. The first-order valence-electron chi connectivity index (χ1n) is 5.61. The highest BCUT2D eigenvalue weighted by molar-refractivity contribution is 7.18. The minimum atomic E-state index is 0.507. The first-order chi connectivity index (χ1) is 8.69. The van der Waals surface area contributed by atoms with Crippen LogP contribution in [0.5, 0.6) is 0 Å². The summed E-state index contributed by atoms with van der Waals surface area (Å²) in [6.07, 6.45) is 4.45. The van der Waals surface area contributed by atoms with Crippen LogP contribution in [0.15, 0.2) is 18.6 Å². The van der Waals surface area contributed by atoms with Crippen molar-refractivity contribution in [1.82, 2.24) is 19.5 Å². The number of hydrogen-bond donors (Lipinski definition) is 0. The van der Waals surface area contributed by atoms with Gasteiger partial charge in [-0.3, -0.25) is 0 Å². The zero-order valence-electron chi connectivity index (χ0n) is 10.0. The van der Waals surface area contributed by atoms with Gasteiger partial charge in [0.1, 0.15) is 15.7 Å². The summed E-state index contributed by atoms with van der Waals surface area (Å²) in [6.45, 7) is 2.12. The van der Waals surface area contributed by atoms with E-state index in [1.165, 1.54) is 4.88 Å². The van der Waals surface area contributed by atoms with Gasteiger partial charge in [-0.05, 0) is 12.5 Å². The van der Waals surface area contributed by atoms with Crippen molar-refractivity contribution < 1.29 is 0 Å². The van der Waals surface area contributed by atoms with Crippen molar-refractivity contribution >= 4 is 33.2 Å². The summed E-state index contributed by atoms with van der Waals surface area (Å²) in [7, 11) is 1.91. The van der Waals surface area contributed by atoms with Gasteiger partial charge in [-0.15, -0.1) is 11.3 Å². The highest BCUT2D eigenvalue weighted by atomic mass is 35.5. The fraction of sp³-hybridized carbons (Fsp3) is 0.250. The number of aryl methyl sites for hydroxylation is 2. The van der Waals surface area contributed by atoms with Gasteiger partial charge in [0.25, 0.3) is 0 Å². The molecule has 0 radical (unpaired) electrons. The minimum absolute atomic E-state index is 0.507. The van der Waals surface area contributed by atoms with Crippen molar-refractivity contribution in [2.75, 3.05) is 0 Å². The minimum Gasteiger partial charge on any atom is -0.331 e. The van der Waals surface area contributed by atoms with E-state index in [1.807, 2.05) is 11.6 Å².